The van der Waals surface area contributed by atoms with Crippen LogP contribution in [0.25, 0.3) is 0 Å². The van der Waals surface area contributed by atoms with Crippen molar-refractivity contribution < 1.29 is 14.3 Å². The van der Waals surface area contributed by atoms with Crippen molar-refractivity contribution >= 4 is 17.5 Å². The number of hydrogen-bond donors (Lipinski definition) is 2. The molecule has 6 heteroatoms. The number of hydrogen-bond acceptors (Lipinski definition) is 4. The Morgan fingerprint density at radius 2 is 1.77 bits per heavy atom. The van der Waals surface area contributed by atoms with Crippen LogP contribution in [0, 0.1) is 0 Å². The van der Waals surface area contributed by atoms with Crippen LogP contribution in [-0.4, -0.2) is 55.6 Å². The normalized spacial score (nSPS) is 20.5. The molecule has 1 aromatic rings. The summed E-state index contributed by atoms with van der Waals surface area (Å²) in [5.41, 5.74) is 1.55. The summed E-state index contributed by atoms with van der Waals surface area (Å²) in [6.07, 6.45) is 6.84. The van der Waals surface area contributed by atoms with E-state index in [-0.39, 0.29) is 24.5 Å². The topological polar surface area (TPSA) is 70.7 Å². The Morgan fingerprint density at radius 1 is 1.04 bits per heavy atom. The third kappa shape index (κ3) is 5.46. The van der Waals surface area contributed by atoms with Crippen molar-refractivity contribution in [1.82, 2.24) is 10.2 Å². The molecule has 1 atom stereocenters. The lowest BCUT2D eigenvalue weighted by molar-refractivity contribution is -0.119. The van der Waals surface area contributed by atoms with Crippen molar-refractivity contribution in [3.8, 4) is 0 Å². The first-order chi connectivity index (χ1) is 12.7. The van der Waals surface area contributed by atoms with Crippen LogP contribution in [-0.2, 0) is 9.53 Å². The van der Waals surface area contributed by atoms with E-state index in [2.05, 4.69) is 10.6 Å². The number of likely N-dealkylation sites (tertiary alicyclic amines) is 1. The molecule has 0 spiro atoms. The van der Waals surface area contributed by atoms with Gasteiger partial charge in [-0.05, 0) is 49.9 Å². The van der Waals surface area contributed by atoms with Crippen molar-refractivity contribution in [2.24, 2.45) is 0 Å². The average molecular weight is 359 g/mol. The number of anilines is 1. The van der Waals surface area contributed by atoms with Crippen LogP contribution in [0.5, 0.6) is 0 Å². The third-order valence-corrected chi connectivity index (χ3v) is 5.03. The molecule has 2 aliphatic rings. The molecule has 2 saturated heterocycles. The van der Waals surface area contributed by atoms with Gasteiger partial charge < -0.3 is 20.3 Å². The fourth-order valence-electron chi connectivity index (χ4n) is 3.46. The number of nitrogens with zero attached hydrogens (tertiary/aromatic N) is 1. The van der Waals surface area contributed by atoms with E-state index < -0.39 is 0 Å². The van der Waals surface area contributed by atoms with E-state index >= 15 is 0 Å². The fraction of sp³-hybridized carbons (Fsp3) is 0.600. The maximum absolute atomic E-state index is 12.6. The third-order valence-electron chi connectivity index (χ3n) is 5.03. The van der Waals surface area contributed by atoms with Gasteiger partial charge in [0.15, 0.2) is 0 Å². The summed E-state index contributed by atoms with van der Waals surface area (Å²) in [5, 5.41) is 5.98. The molecule has 2 N–H and O–H groups in total. The van der Waals surface area contributed by atoms with Gasteiger partial charge in [-0.15, -0.1) is 0 Å². The lowest BCUT2D eigenvalue weighted by Gasteiger charge is -2.20. The first-order valence-electron chi connectivity index (χ1n) is 9.74. The summed E-state index contributed by atoms with van der Waals surface area (Å²) in [4.78, 5) is 26.4. The highest BCUT2D eigenvalue weighted by Crippen LogP contribution is 2.15. The van der Waals surface area contributed by atoms with Crippen molar-refractivity contribution in [1.29, 1.82) is 0 Å². The maximum atomic E-state index is 12.6. The van der Waals surface area contributed by atoms with Gasteiger partial charge >= 0.3 is 0 Å². The van der Waals surface area contributed by atoms with E-state index in [1.165, 1.54) is 12.8 Å². The molecule has 142 valence electrons. The van der Waals surface area contributed by atoms with E-state index in [0.717, 1.165) is 51.1 Å². The van der Waals surface area contributed by atoms with Gasteiger partial charge in [0.1, 0.15) is 0 Å². The number of rotatable bonds is 6. The van der Waals surface area contributed by atoms with Crippen LogP contribution in [0.15, 0.2) is 24.3 Å². The molecule has 3 rings (SSSR count). The number of carbonyl (C=O) groups excluding carboxylic acids is 2. The number of nitrogens with one attached hydrogen (secondary N) is 2. The zero-order chi connectivity index (χ0) is 18.2. The van der Waals surface area contributed by atoms with Crippen LogP contribution in [0.2, 0.25) is 0 Å². The number of benzene rings is 1. The monoisotopic (exact) mass is 359 g/mol. The van der Waals surface area contributed by atoms with Crippen LogP contribution in [0.4, 0.5) is 5.69 Å². The van der Waals surface area contributed by atoms with Crippen molar-refractivity contribution in [3.05, 3.63) is 29.8 Å². The Hall–Kier alpha value is -2.08. The SMILES string of the molecule is O=C(CNc1ccc(C(=O)N2CCCCCC2)cc1)NCC1CCCO1. The van der Waals surface area contributed by atoms with Crippen molar-refractivity contribution in [3.63, 3.8) is 0 Å². The minimum Gasteiger partial charge on any atom is -0.376 e. The van der Waals surface area contributed by atoms with E-state index in [1.807, 2.05) is 29.2 Å². The van der Waals surface area contributed by atoms with Gasteiger partial charge in [-0.1, -0.05) is 12.8 Å². The largest absolute Gasteiger partial charge is 0.376 e. The Morgan fingerprint density at radius 3 is 2.42 bits per heavy atom. The Balaban J connectivity index is 1.43. The second-order valence-electron chi connectivity index (χ2n) is 7.08. The Labute approximate surface area is 155 Å². The van der Waals surface area contributed by atoms with Crippen LogP contribution >= 0.6 is 0 Å². The summed E-state index contributed by atoms with van der Waals surface area (Å²) < 4.78 is 5.49. The lowest BCUT2D eigenvalue weighted by Crippen LogP contribution is -2.35. The molecule has 0 bridgehead atoms. The first kappa shape index (κ1) is 18.7. The summed E-state index contributed by atoms with van der Waals surface area (Å²) in [6, 6.07) is 7.39. The average Bonchev–Trinajstić information content (AvgIpc) is 3.05. The number of carbonyl (C=O) groups is 2. The molecule has 0 saturated carbocycles. The molecular weight excluding hydrogens is 330 g/mol. The number of amides is 2. The predicted molar refractivity (Wildman–Crippen MR) is 101 cm³/mol. The molecule has 2 heterocycles. The highest BCUT2D eigenvalue weighted by atomic mass is 16.5. The summed E-state index contributed by atoms with van der Waals surface area (Å²) >= 11 is 0. The van der Waals surface area contributed by atoms with Gasteiger partial charge in [-0.3, -0.25) is 9.59 Å². The van der Waals surface area contributed by atoms with Crippen LogP contribution < -0.4 is 10.6 Å². The highest BCUT2D eigenvalue weighted by molar-refractivity contribution is 5.94. The molecule has 1 unspecified atom stereocenters. The molecule has 0 radical (unpaired) electrons. The van der Waals surface area contributed by atoms with Gasteiger partial charge in [0.05, 0.1) is 12.6 Å². The predicted octanol–water partition coefficient (Wildman–Crippen LogP) is 2.41. The molecule has 0 aromatic heterocycles. The van der Waals surface area contributed by atoms with Crippen LogP contribution in [0.1, 0.15) is 48.9 Å². The molecule has 1 aromatic carbocycles. The summed E-state index contributed by atoms with van der Waals surface area (Å²) in [6.45, 7) is 3.28. The minimum atomic E-state index is -0.0507. The van der Waals surface area contributed by atoms with E-state index in [4.69, 9.17) is 4.74 Å². The molecule has 2 fully saturated rings. The smallest absolute Gasteiger partial charge is 0.253 e. The highest BCUT2D eigenvalue weighted by Gasteiger charge is 2.17. The van der Waals surface area contributed by atoms with E-state index in [1.54, 1.807) is 0 Å². The maximum Gasteiger partial charge on any atom is 0.253 e. The standard InChI is InChI=1S/C20H29N3O3/c24-19(22-14-18-6-5-13-26-18)15-21-17-9-7-16(8-10-17)20(25)23-11-3-1-2-4-12-23/h7-10,18,21H,1-6,11-15H2,(H,22,24). The van der Waals surface area contributed by atoms with Gasteiger partial charge in [0.25, 0.3) is 5.91 Å². The van der Waals surface area contributed by atoms with Crippen molar-refractivity contribution in [2.75, 3.05) is 38.1 Å². The lowest BCUT2D eigenvalue weighted by atomic mass is 10.1. The van der Waals surface area contributed by atoms with Crippen LogP contribution in [0.3, 0.4) is 0 Å². The van der Waals surface area contributed by atoms with E-state index in [9.17, 15) is 9.59 Å². The Kier molecular flexibility index (Phi) is 6.89. The summed E-state index contributed by atoms with van der Waals surface area (Å²) in [5.74, 6) is 0.0537. The van der Waals surface area contributed by atoms with Crippen molar-refractivity contribution in [2.45, 2.75) is 44.6 Å². The molecule has 6 nitrogen and oxygen atoms in total. The van der Waals surface area contributed by atoms with Gasteiger partial charge in [-0.25, -0.2) is 0 Å². The Bertz CT molecular complexity index is 589. The van der Waals surface area contributed by atoms with Gasteiger partial charge in [0.2, 0.25) is 5.91 Å². The number of ether oxygens (including phenoxy) is 1. The quantitative estimate of drug-likeness (QED) is 0.818. The van der Waals surface area contributed by atoms with Gasteiger partial charge in [-0.2, -0.15) is 0 Å². The molecule has 2 aliphatic heterocycles. The minimum absolute atomic E-state index is 0.0507. The first-order valence-corrected chi connectivity index (χ1v) is 9.74. The second-order valence-corrected chi connectivity index (χ2v) is 7.08. The molecule has 2 amide bonds. The molecule has 0 aliphatic carbocycles. The zero-order valence-corrected chi connectivity index (χ0v) is 15.3. The second kappa shape index (κ2) is 9.57. The fourth-order valence-corrected chi connectivity index (χ4v) is 3.46. The molecular formula is C20H29N3O3. The molecule has 26 heavy (non-hydrogen) atoms. The van der Waals surface area contributed by atoms with E-state index in [0.29, 0.717) is 12.1 Å². The summed E-state index contributed by atoms with van der Waals surface area (Å²) in [7, 11) is 0. The van der Waals surface area contributed by atoms with Gasteiger partial charge in [0, 0.05) is 37.5 Å². The zero-order valence-electron chi connectivity index (χ0n) is 15.3.